The largest absolute Gasteiger partial charge is 0.497 e. The standard InChI is InChI=1S/C18H25N3O3/c1-21(11-14-6-7-15(23-2)10-16(14)24-3)12-17(22)20-18(13-19)8-4-5-9-18/h6-7,10H,4-5,8-9,11-12H2,1-3H3,(H,20,22). The van der Waals surface area contributed by atoms with Crippen LogP contribution in [0.4, 0.5) is 0 Å². The van der Waals surface area contributed by atoms with E-state index in [0.717, 1.165) is 42.7 Å². The van der Waals surface area contributed by atoms with Crippen molar-refractivity contribution < 1.29 is 14.3 Å². The first-order valence-electron chi connectivity index (χ1n) is 8.13. The lowest BCUT2D eigenvalue weighted by Crippen LogP contribution is -2.48. The van der Waals surface area contributed by atoms with Crippen molar-refractivity contribution in [1.29, 1.82) is 5.26 Å². The lowest BCUT2D eigenvalue weighted by Gasteiger charge is -2.24. The highest BCUT2D eigenvalue weighted by Crippen LogP contribution is 2.29. The van der Waals surface area contributed by atoms with Gasteiger partial charge in [0.15, 0.2) is 0 Å². The molecule has 0 spiro atoms. The Bertz CT molecular complexity index is 618. The summed E-state index contributed by atoms with van der Waals surface area (Å²) in [6, 6.07) is 7.90. The molecular formula is C18H25N3O3. The van der Waals surface area contributed by atoms with Gasteiger partial charge in [-0.1, -0.05) is 6.07 Å². The Morgan fingerprint density at radius 3 is 2.62 bits per heavy atom. The number of nitrogens with one attached hydrogen (secondary N) is 1. The van der Waals surface area contributed by atoms with E-state index in [1.165, 1.54) is 0 Å². The van der Waals surface area contributed by atoms with Gasteiger partial charge in [0.1, 0.15) is 17.0 Å². The van der Waals surface area contributed by atoms with Crippen molar-refractivity contribution in [2.45, 2.75) is 37.8 Å². The highest BCUT2D eigenvalue weighted by atomic mass is 16.5. The number of rotatable bonds is 7. The molecule has 130 valence electrons. The lowest BCUT2D eigenvalue weighted by molar-refractivity contribution is -0.123. The molecule has 1 aromatic rings. The van der Waals surface area contributed by atoms with Gasteiger partial charge in [-0.2, -0.15) is 5.26 Å². The Morgan fingerprint density at radius 2 is 2.04 bits per heavy atom. The number of carbonyl (C=O) groups is 1. The predicted octanol–water partition coefficient (Wildman–Crippen LogP) is 2.09. The summed E-state index contributed by atoms with van der Waals surface area (Å²) < 4.78 is 10.6. The van der Waals surface area contributed by atoms with Crippen LogP contribution < -0.4 is 14.8 Å². The number of benzene rings is 1. The molecule has 0 heterocycles. The van der Waals surface area contributed by atoms with Crippen LogP contribution in [0.3, 0.4) is 0 Å². The van der Waals surface area contributed by atoms with Gasteiger partial charge in [0, 0.05) is 18.2 Å². The Kier molecular flexibility index (Phi) is 6.04. The number of likely N-dealkylation sites (N-methyl/N-ethyl adjacent to an activating group) is 1. The van der Waals surface area contributed by atoms with Gasteiger partial charge < -0.3 is 14.8 Å². The molecule has 0 saturated heterocycles. The highest BCUT2D eigenvalue weighted by molar-refractivity contribution is 5.79. The summed E-state index contributed by atoms with van der Waals surface area (Å²) in [7, 11) is 5.09. The van der Waals surface area contributed by atoms with Gasteiger partial charge in [0.05, 0.1) is 26.8 Å². The fourth-order valence-electron chi connectivity index (χ4n) is 3.12. The monoisotopic (exact) mass is 331 g/mol. The number of ether oxygens (including phenoxy) is 2. The quantitative estimate of drug-likeness (QED) is 0.828. The summed E-state index contributed by atoms with van der Waals surface area (Å²) in [4.78, 5) is 14.2. The summed E-state index contributed by atoms with van der Waals surface area (Å²) >= 11 is 0. The van der Waals surface area contributed by atoms with Gasteiger partial charge in [0.2, 0.25) is 5.91 Å². The smallest absolute Gasteiger partial charge is 0.235 e. The Hall–Kier alpha value is -2.26. The Labute approximate surface area is 143 Å². The van der Waals surface area contributed by atoms with E-state index in [0.29, 0.717) is 6.54 Å². The van der Waals surface area contributed by atoms with E-state index in [1.54, 1.807) is 14.2 Å². The number of hydrogen-bond acceptors (Lipinski definition) is 5. The van der Waals surface area contributed by atoms with Crippen molar-refractivity contribution in [3.8, 4) is 17.6 Å². The minimum absolute atomic E-state index is 0.117. The van der Waals surface area contributed by atoms with Crippen molar-refractivity contribution in [2.24, 2.45) is 0 Å². The van der Waals surface area contributed by atoms with Gasteiger partial charge in [0.25, 0.3) is 0 Å². The van der Waals surface area contributed by atoms with Crippen LogP contribution in [0.2, 0.25) is 0 Å². The third kappa shape index (κ3) is 4.39. The molecule has 0 aromatic heterocycles. The van der Waals surface area contributed by atoms with E-state index in [9.17, 15) is 10.1 Å². The summed E-state index contributed by atoms with van der Waals surface area (Å²) in [5.74, 6) is 1.34. The van der Waals surface area contributed by atoms with Crippen LogP contribution in [0.25, 0.3) is 0 Å². The number of nitriles is 1. The zero-order valence-corrected chi connectivity index (χ0v) is 14.6. The summed E-state index contributed by atoms with van der Waals surface area (Å²) in [6.07, 6.45) is 3.47. The van der Waals surface area contributed by atoms with Crippen LogP contribution in [0, 0.1) is 11.3 Å². The van der Waals surface area contributed by atoms with Crippen LogP contribution in [0.5, 0.6) is 11.5 Å². The van der Waals surface area contributed by atoms with E-state index < -0.39 is 5.54 Å². The zero-order chi connectivity index (χ0) is 17.6. The molecule has 1 saturated carbocycles. The zero-order valence-electron chi connectivity index (χ0n) is 14.6. The molecular weight excluding hydrogens is 306 g/mol. The number of carbonyl (C=O) groups excluding carboxylic acids is 1. The van der Waals surface area contributed by atoms with E-state index >= 15 is 0 Å². The number of amides is 1. The van der Waals surface area contributed by atoms with Gasteiger partial charge in [-0.05, 0) is 38.8 Å². The average molecular weight is 331 g/mol. The topological polar surface area (TPSA) is 74.6 Å². The van der Waals surface area contributed by atoms with Crippen LogP contribution >= 0.6 is 0 Å². The third-order valence-corrected chi connectivity index (χ3v) is 4.40. The molecule has 1 aliphatic carbocycles. The molecule has 1 N–H and O–H groups in total. The Morgan fingerprint density at radius 1 is 1.33 bits per heavy atom. The third-order valence-electron chi connectivity index (χ3n) is 4.40. The predicted molar refractivity (Wildman–Crippen MR) is 90.8 cm³/mol. The van der Waals surface area contributed by atoms with Crippen LogP contribution in [-0.2, 0) is 11.3 Å². The van der Waals surface area contributed by atoms with Crippen molar-refractivity contribution in [2.75, 3.05) is 27.8 Å². The van der Waals surface area contributed by atoms with Crippen LogP contribution in [-0.4, -0.2) is 44.2 Å². The maximum absolute atomic E-state index is 12.3. The van der Waals surface area contributed by atoms with E-state index in [2.05, 4.69) is 11.4 Å². The maximum atomic E-state index is 12.3. The van der Waals surface area contributed by atoms with Gasteiger partial charge in [-0.15, -0.1) is 0 Å². The molecule has 0 atom stereocenters. The molecule has 1 aromatic carbocycles. The maximum Gasteiger partial charge on any atom is 0.235 e. The lowest BCUT2D eigenvalue weighted by atomic mass is 10.00. The molecule has 0 aliphatic heterocycles. The molecule has 1 aliphatic rings. The van der Waals surface area contributed by atoms with E-state index in [-0.39, 0.29) is 12.5 Å². The SMILES string of the molecule is COc1ccc(CN(C)CC(=O)NC2(C#N)CCCC2)c(OC)c1. The minimum Gasteiger partial charge on any atom is -0.497 e. The van der Waals surface area contributed by atoms with Crippen LogP contribution in [0.15, 0.2) is 18.2 Å². The van der Waals surface area contributed by atoms with Gasteiger partial charge >= 0.3 is 0 Å². The molecule has 2 rings (SSSR count). The first-order chi connectivity index (χ1) is 11.5. The fourth-order valence-corrected chi connectivity index (χ4v) is 3.12. The summed E-state index contributed by atoms with van der Waals surface area (Å²) in [6.45, 7) is 0.804. The molecule has 6 heteroatoms. The Balaban J connectivity index is 1.94. The second-order valence-electron chi connectivity index (χ2n) is 6.30. The normalized spacial score (nSPS) is 15.8. The second kappa shape index (κ2) is 8.02. The first-order valence-corrected chi connectivity index (χ1v) is 8.13. The molecule has 6 nitrogen and oxygen atoms in total. The first kappa shape index (κ1) is 18.1. The average Bonchev–Trinajstić information content (AvgIpc) is 3.03. The molecule has 1 fully saturated rings. The molecule has 0 unspecified atom stereocenters. The molecule has 0 radical (unpaired) electrons. The van der Waals surface area contributed by atoms with Gasteiger partial charge in [-0.25, -0.2) is 0 Å². The minimum atomic E-state index is -0.671. The van der Waals surface area contributed by atoms with E-state index in [1.807, 2.05) is 30.1 Å². The van der Waals surface area contributed by atoms with Crippen LogP contribution in [0.1, 0.15) is 31.2 Å². The molecule has 24 heavy (non-hydrogen) atoms. The summed E-state index contributed by atoms with van der Waals surface area (Å²) in [5, 5.41) is 12.3. The van der Waals surface area contributed by atoms with Crippen molar-refractivity contribution in [3.05, 3.63) is 23.8 Å². The number of hydrogen-bond donors (Lipinski definition) is 1. The van der Waals surface area contributed by atoms with Crippen molar-refractivity contribution in [3.63, 3.8) is 0 Å². The number of nitrogens with zero attached hydrogens (tertiary/aromatic N) is 2. The molecule has 1 amide bonds. The van der Waals surface area contributed by atoms with Crippen molar-refractivity contribution >= 4 is 5.91 Å². The van der Waals surface area contributed by atoms with Crippen molar-refractivity contribution in [1.82, 2.24) is 10.2 Å². The second-order valence-corrected chi connectivity index (χ2v) is 6.30. The molecule has 0 bridgehead atoms. The number of methoxy groups -OCH3 is 2. The fraction of sp³-hybridized carbons (Fsp3) is 0.556. The summed E-state index contributed by atoms with van der Waals surface area (Å²) in [5.41, 5.74) is 0.305. The van der Waals surface area contributed by atoms with Gasteiger partial charge in [-0.3, -0.25) is 9.69 Å². The highest BCUT2D eigenvalue weighted by Gasteiger charge is 2.35. The van der Waals surface area contributed by atoms with E-state index in [4.69, 9.17) is 9.47 Å².